The lowest BCUT2D eigenvalue weighted by Gasteiger charge is -2.12. The Balaban J connectivity index is 2.16. The van der Waals surface area contributed by atoms with Crippen LogP contribution in [0, 0.1) is 0 Å². The van der Waals surface area contributed by atoms with E-state index in [9.17, 15) is 32.7 Å². The summed E-state index contributed by atoms with van der Waals surface area (Å²) in [6.45, 7) is -0.293. The number of aromatic carboxylic acids is 1. The highest BCUT2D eigenvalue weighted by molar-refractivity contribution is 5.84. The number of methoxy groups -OCH3 is 1. The monoisotopic (exact) mass is 421 g/mol. The second kappa shape index (κ2) is 7.85. The van der Waals surface area contributed by atoms with Gasteiger partial charge in [0.15, 0.2) is 0 Å². The summed E-state index contributed by atoms with van der Waals surface area (Å²) in [4.78, 5) is 36.8. The molecule has 11 heteroatoms. The fraction of sp³-hybridized carbons (Fsp3) is 0.158. The number of carboxylic acids is 1. The minimum absolute atomic E-state index is 0.130. The Morgan fingerprint density at radius 1 is 1.13 bits per heavy atom. The molecule has 1 heterocycles. The maximum absolute atomic E-state index is 12.8. The number of carbonyl (C=O) groups is 1. The van der Waals surface area contributed by atoms with Gasteiger partial charge in [0.05, 0.1) is 24.9 Å². The minimum atomic E-state index is -4.59. The molecule has 0 spiro atoms. The van der Waals surface area contributed by atoms with E-state index < -0.39 is 34.7 Å². The molecule has 0 atom stereocenters. The van der Waals surface area contributed by atoms with Crippen molar-refractivity contribution in [1.29, 1.82) is 0 Å². The van der Waals surface area contributed by atoms with Gasteiger partial charge in [0, 0.05) is 0 Å². The Bertz CT molecular complexity index is 1210. The molecule has 8 nitrogen and oxygen atoms in total. The highest BCUT2D eigenvalue weighted by Crippen LogP contribution is 2.29. The topological polar surface area (TPSA) is 103 Å². The van der Waals surface area contributed by atoms with Crippen LogP contribution in [0.15, 0.2) is 58.1 Å². The Kier molecular flexibility index (Phi) is 5.45. The van der Waals surface area contributed by atoms with Crippen molar-refractivity contribution in [2.75, 3.05) is 7.11 Å². The van der Waals surface area contributed by atoms with Crippen LogP contribution in [-0.2, 0) is 12.7 Å². The molecular weight excluding hydrogens is 407 g/mol. The van der Waals surface area contributed by atoms with Crippen LogP contribution in [0.1, 0.15) is 21.6 Å². The van der Waals surface area contributed by atoms with Crippen LogP contribution in [0.4, 0.5) is 13.2 Å². The van der Waals surface area contributed by atoms with Crippen LogP contribution in [-0.4, -0.2) is 32.5 Å². The summed E-state index contributed by atoms with van der Waals surface area (Å²) in [7, 11) is 1.43. The van der Waals surface area contributed by atoms with Gasteiger partial charge in [0.2, 0.25) is 5.69 Å². The number of hydrogen-bond acceptors (Lipinski definition) is 5. The third-order valence-corrected chi connectivity index (χ3v) is 4.18. The SMILES string of the molecule is COc1cccc(Cn2c(=O)c(C(=O)O)nn(-c3ccc(C(F)(F)F)cc3)c2=O)c1. The molecule has 3 rings (SSSR count). The first kappa shape index (κ1) is 20.8. The third-order valence-electron chi connectivity index (χ3n) is 4.18. The lowest BCUT2D eigenvalue weighted by molar-refractivity contribution is -0.137. The number of halogens is 3. The summed E-state index contributed by atoms with van der Waals surface area (Å²) in [6, 6.07) is 9.77. The van der Waals surface area contributed by atoms with Crippen molar-refractivity contribution in [3.63, 3.8) is 0 Å². The predicted molar refractivity (Wildman–Crippen MR) is 98.2 cm³/mol. The van der Waals surface area contributed by atoms with Crippen molar-refractivity contribution in [2.24, 2.45) is 0 Å². The number of alkyl halides is 3. The Labute approximate surface area is 166 Å². The van der Waals surface area contributed by atoms with Gasteiger partial charge in [-0.25, -0.2) is 9.59 Å². The van der Waals surface area contributed by atoms with Crippen LogP contribution in [0.5, 0.6) is 5.75 Å². The summed E-state index contributed by atoms with van der Waals surface area (Å²) < 4.78 is 44.6. The van der Waals surface area contributed by atoms with Gasteiger partial charge in [-0.05, 0) is 42.0 Å². The van der Waals surface area contributed by atoms with Crippen LogP contribution >= 0.6 is 0 Å². The zero-order valence-corrected chi connectivity index (χ0v) is 15.4. The average molecular weight is 421 g/mol. The van der Waals surface area contributed by atoms with Gasteiger partial charge in [0.1, 0.15) is 5.75 Å². The van der Waals surface area contributed by atoms with Crippen molar-refractivity contribution in [1.82, 2.24) is 14.3 Å². The molecule has 30 heavy (non-hydrogen) atoms. The maximum Gasteiger partial charge on any atom is 0.416 e. The van der Waals surface area contributed by atoms with Gasteiger partial charge in [-0.2, -0.15) is 23.0 Å². The molecule has 156 valence electrons. The van der Waals surface area contributed by atoms with E-state index in [1.807, 2.05) is 0 Å². The number of benzene rings is 2. The molecule has 1 aromatic heterocycles. The number of nitrogens with zero attached hydrogens (tertiary/aromatic N) is 3. The van der Waals surface area contributed by atoms with Crippen molar-refractivity contribution < 1.29 is 27.8 Å². The maximum atomic E-state index is 12.8. The van der Waals surface area contributed by atoms with Gasteiger partial charge < -0.3 is 9.84 Å². The van der Waals surface area contributed by atoms with Crippen LogP contribution in [0.3, 0.4) is 0 Å². The molecular formula is C19H14F3N3O5. The Morgan fingerprint density at radius 2 is 1.80 bits per heavy atom. The molecule has 0 saturated carbocycles. The normalized spacial score (nSPS) is 11.3. The Morgan fingerprint density at radius 3 is 2.37 bits per heavy atom. The van der Waals surface area contributed by atoms with Gasteiger partial charge in [-0.1, -0.05) is 12.1 Å². The lowest BCUT2D eigenvalue weighted by atomic mass is 10.2. The zero-order valence-electron chi connectivity index (χ0n) is 15.4. The predicted octanol–water partition coefficient (Wildman–Crippen LogP) is 2.17. The number of hydrogen-bond donors (Lipinski definition) is 1. The summed E-state index contributed by atoms with van der Waals surface area (Å²) in [6.07, 6.45) is -4.59. The molecule has 0 bridgehead atoms. The molecule has 0 aliphatic carbocycles. The first-order valence-electron chi connectivity index (χ1n) is 8.40. The van der Waals surface area contributed by atoms with Crippen molar-refractivity contribution in [3.05, 3.63) is 86.2 Å². The highest BCUT2D eigenvalue weighted by Gasteiger charge is 2.30. The molecule has 0 fully saturated rings. The molecule has 2 aromatic carbocycles. The van der Waals surface area contributed by atoms with Gasteiger partial charge in [-0.3, -0.25) is 9.36 Å². The van der Waals surface area contributed by atoms with Crippen LogP contribution in [0.2, 0.25) is 0 Å². The summed E-state index contributed by atoms with van der Waals surface area (Å²) >= 11 is 0. The highest BCUT2D eigenvalue weighted by atomic mass is 19.4. The third kappa shape index (κ3) is 4.09. The van der Waals surface area contributed by atoms with E-state index in [-0.39, 0.29) is 12.2 Å². The largest absolute Gasteiger partial charge is 0.497 e. The first-order chi connectivity index (χ1) is 14.1. The molecule has 0 radical (unpaired) electrons. The van der Waals surface area contributed by atoms with Crippen LogP contribution < -0.4 is 16.0 Å². The summed E-state index contributed by atoms with van der Waals surface area (Å²) in [5, 5.41) is 12.8. The van der Waals surface area contributed by atoms with E-state index in [1.165, 1.54) is 7.11 Å². The molecule has 3 aromatic rings. The smallest absolute Gasteiger partial charge is 0.416 e. The van der Waals surface area contributed by atoms with Crippen molar-refractivity contribution >= 4 is 5.97 Å². The fourth-order valence-electron chi connectivity index (χ4n) is 2.70. The second-order valence-electron chi connectivity index (χ2n) is 6.14. The quantitative estimate of drug-likeness (QED) is 0.677. The Hall–Kier alpha value is -3.89. The van der Waals surface area contributed by atoms with Gasteiger partial charge in [-0.15, -0.1) is 0 Å². The number of rotatable bonds is 5. The summed E-state index contributed by atoms with van der Waals surface area (Å²) in [5.74, 6) is -1.23. The number of aromatic nitrogens is 3. The standard InChI is InChI=1S/C19H14F3N3O5/c1-30-14-4-2-3-11(9-14)10-24-16(26)15(17(27)28)23-25(18(24)29)13-7-5-12(6-8-13)19(20,21)22/h2-9H,10H2,1H3,(H,27,28). The fourth-order valence-corrected chi connectivity index (χ4v) is 2.70. The van der Waals surface area contributed by atoms with Crippen molar-refractivity contribution in [2.45, 2.75) is 12.7 Å². The van der Waals surface area contributed by atoms with E-state index in [0.717, 1.165) is 24.3 Å². The first-order valence-corrected chi connectivity index (χ1v) is 8.40. The molecule has 0 amide bonds. The molecule has 0 aliphatic rings. The minimum Gasteiger partial charge on any atom is -0.497 e. The number of carboxylic acid groups (broad SMARTS) is 1. The average Bonchev–Trinajstić information content (AvgIpc) is 2.70. The van der Waals surface area contributed by atoms with E-state index >= 15 is 0 Å². The van der Waals surface area contributed by atoms with Gasteiger partial charge in [0.25, 0.3) is 5.56 Å². The number of ether oxygens (including phenoxy) is 1. The summed E-state index contributed by atoms with van der Waals surface area (Å²) in [5.41, 5.74) is -3.71. The molecule has 0 unspecified atom stereocenters. The van der Waals surface area contributed by atoms with Crippen LogP contribution in [0.25, 0.3) is 5.69 Å². The van der Waals surface area contributed by atoms with E-state index in [4.69, 9.17) is 4.74 Å². The van der Waals surface area contributed by atoms with E-state index in [2.05, 4.69) is 5.10 Å². The lowest BCUT2D eigenvalue weighted by Crippen LogP contribution is -2.44. The molecule has 0 saturated heterocycles. The molecule has 1 N–H and O–H groups in total. The zero-order chi connectivity index (χ0) is 22.1. The van der Waals surface area contributed by atoms with E-state index in [0.29, 0.717) is 20.6 Å². The second-order valence-corrected chi connectivity index (χ2v) is 6.14. The van der Waals surface area contributed by atoms with Gasteiger partial charge >= 0.3 is 17.8 Å². The van der Waals surface area contributed by atoms with Crippen molar-refractivity contribution in [3.8, 4) is 11.4 Å². The molecule has 0 aliphatic heterocycles. The van der Waals surface area contributed by atoms with E-state index in [1.54, 1.807) is 24.3 Å².